The molecule has 0 atom stereocenters. The first-order valence-corrected chi connectivity index (χ1v) is 4.99. The van der Waals surface area contributed by atoms with Crippen LogP contribution in [0.5, 0.6) is 0 Å². The van der Waals surface area contributed by atoms with Crippen molar-refractivity contribution in [3.05, 3.63) is 12.7 Å². The summed E-state index contributed by atoms with van der Waals surface area (Å²) in [7, 11) is 0. The molecule has 0 saturated heterocycles. The second-order valence-corrected chi connectivity index (χ2v) is 3.33. The third-order valence-corrected chi connectivity index (χ3v) is 2.01. The van der Waals surface area contributed by atoms with E-state index >= 15 is 0 Å². The van der Waals surface area contributed by atoms with E-state index in [2.05, 4.69) is 10.1 Å². The lowest BCUT2D eigenvalue weighted by Crippen LogP contribution is -2.33. The monoisotopic (exact) mass is 212 g/mol. The molecular weight excluding hydrogens is 196 g/mol. The average Bonchev–Trinajstić information content (AvgIpc) is 2.66. The van der Waals surface area contributed by atoms with Crippen molar-refractivity contribution in [1.82, 2.24) is 19.7 Å². The zero-order chi connectivity index (χ0) is 11.1. The van der Waals surface area contributed by atoms with Gasteiger partial charge in [0.25, 0.3) is 0 Å². The summed E-state index contributed by atoms with van der Waals surface area (Å²) in [6.07, 6.45) is 4.05. The molecule has 0 fully saturated rings. The number of aromatic nitrogens is 3. The van der Waals surface area contributed by atoms with E-state index in [4.69, 9.17) is 5.11 Å². The molecule has 6 nitrogen and oxygen atoms in total. The Balaban J connectivity index is 2.34. The zero-order valence-electron chi connectivity index (χ0n) is 8.83. The van der Waals surface area contributed by atoms with Gasteiger partial charge in [0.15, 0.2) is 0 Å². The van der Waals surface area contributed by atoms with Crippen molar-refractivity contribution in [2.24, 2.45) is 0 Å². The van der Waals surface area contributed by atoms with Crippen molar-refractivity contribution < 1.29 is 9.90 Å². The van der Waals surface area contributed by atoms with Gasteiger partial charge in [-0.3, -0.25) is 14.4 Å². The minimum absolute atomic E-state index is 0.0859. The highest BCUT2D eigenvalue weighted by Crippen LogP contribution is 1.93. The van der Waals surface area contributed by atoms with Gasteiger partial charge in [0, 0.05) is 6.54 Å². The maximum absolute atomic E-state index is 10.6. The van der Waals surface area contributed by atoms with E-state index in [-0.39, 0.29) is 6.54 Å². The molecule has 1 rings (SSSR count). The second kappa shape index (κ2) is 6.13. The molecule has 0 aliphatic rings. The average molecular weight is 212 g/mol. The van der Waals surface area contributed by atoms with E-state index in [9.17, 15) is 4.79 Å². The Labute approximate surface area is 88.5 Å². The van der Waals surface area contributed by atoms with E-state index in [0.29, 0.717) is 13.1 Å². The van der Waals surface area contributed by atoms with Crippen LogP contribution in [-0.4, -0.2) is 50.4 Å². The van der Waals surface area contributed by atoms with Crippen LogP contribution < -0.4 is 0 Å². The van der Waals surface area contributed by atoms with Crippen LogP contribution in [0.15, 0.2) is 12.7 Å². The maximum Gasteiger partial charge on any atom is 0.317 e. The van der Waals surface area contributed by atoms with Crippen LogP contribution in [0.1, 0.15) is 13.3 Å². The highest BCUT2D eigenvalue weighted by molar-refractivity contribution is 5.69. The number of aliphatic carboxylic acids is 1. The molecule has 0 bridgehead atoms. The quantitative estimate of drug-likeness (QED) is 0.692. The third kappa shape index (κ3) is 4.55. The molecule has 15 heavy (non-hydrogen) atoms. The van der Waals surface area contributed by atoms with Gasteiger partial charge in [-0.25, -0.2) is 4.98 Å². The molecule has 1 aromatic rings. The molecule has 0 spiro atoms. The summed E-state index contributed by atoms with van der Waals surface area (Å²) < 4.78 is 1.70. The number of carboxylic acids is 1. The normalized spacial score (nSPS) is 10.8. The van der Waals surface area contributed by atoms with Crippen molar-refractivity contribution in [3.8, 4) is 0 Å². The van der Waals surface area contributed by atoms with E-state index in [0.717, 1.165) is 13.0 Å². The van der Waals surface area contributed by atoms with Gasteiger partial charge in [-0.1, -0.05) is 6.92 Å². The smallest absolute Gasteiger partial charge is 0.317 e. The summed E-state index contributed by atoms with van der Waals surface area (Å²) in [5.74, 6) is -0.790. The molecule has 0 radical (unpaired) electrons. The predicted octanol–water partition coefficient (Wildman–Crippen LogP) is 0.0747. The summed E-state index contributed by atoms with van der Waals surface area (Å²) in [5, 5.41) is 12.7. The number of rotatable bonds is 7. The van der Waals surface area contributed by atoms with Crippen molar-refractivity contribution >= 4 is 5.97 Å². The van der Waals surface area contributed by atoms with Crippen LogP contribution in [0.25, 0.3) is 0 Å². The van der Waals surface area contributed by atoms with Crippen LogP contribution in [0.2, 0.25) is 0 Å². The molecule has 84 valence electrons. The van der Waals surface area contributed by atoms with Crippen molar-refractivity contribution in [2.75, 3.05) is 19.6 Å². The number of hydrogen-bond donors (Lipinski definition) is 1. The number of nitrogens with zero attached hydrogens (tertiary/aromatic N) is 4. The Morgan fingerprint density at radius 3 is 2.87 bits per heavy atom. The lowest BCUT2D eigenvalue weighted by molar-refractivity contribution is -0.138. The Morgan fingerprint density at radius 1 is 1.53 bits per heavy atom. The molecule has 0 aliphatic heterocycles. The SMILES string of the molecule is CCCN(CCn1cncn1)CC(=O)O. The van der Waals surface area contributed by atoms with Crippen LogP contribution in [0.4, 0.5) is 0 Å². The third-order valence-electron chi connectivity index (χ3n) is 2.01. The standard InChI is InChI=1S/C9H16N4O2/c1-2-3-12(6-9(14)15)4-5-13-8-10-7-11-13/h7-8H,2-6H2,1H3,(H,14,15). The first-order chi connectivity index (χ1) is 7.22. The number of carbonyl (C=O) groups is 1. The molecule has 0 amide bonds. The first kappa shape index (κ1) is 11.6. The lowest BCUT2D eigenvalue weighted by Gasteiger charge is -2.18. The van der Waals surface area contributed by atoms with Gasteiger partial charge in [-0.2, -0.15) is 5.10 Å². The van der Waals surface area contributed by atoms with Gasteiger partial charge in [-0.15, -0.1) is 0 Å². The molecular formula is C9H16N4O2. The first-order valence-electron chi connectivity index (χ1n) is 4.99. The predicted molar refractivity (Wildman–Crippen MR) is 54.4 cm³/mol. The minimum Gasteiger partial charge on any atom is -0.480 e. The Kier molecular flexibility index (Phi) is 4.76. The maximum atomic E-state index is 10.6. The van der Waals surface area contributed by atoms with Gasteiger partial charge in [-0.05, 0) is 13.0 Å². The molecule has 0 aliphatic carbocycles. The van der Waals surface area contributed by atoms with Gasteiger partial charge >= 0.3 is 5.97 Å². The molecule has 1 N–H and O–H groups in total. The molecule has 0 saturated carbocycles. The van der Waals surface area contributed by atoms with Gasteiger partial charge < -0.3 is 5.11 Å². The number of carboxylic acid groups (broad SMARTS) is 1. The summed E-state index contributed by atoms with van der Waals surface area (Å²) in [6, 6.07) is 0. The van der Waals surface area contributed by atoms with E-state index < -0.39 is 5.97 Å². The number of hydrogen-bond acceptors (Lipinski definition) is 4. The van der Waals surface area contributed by atoms with Crippen molar-refractivity contribution in [2.45, 2.75) is 19.9 Å². The zero-order valence-corrected chi connectivity index (χ0v) is 8.83. The lowest BCUT2D eigenvalue weighted by atomic mass is 10.4. The summed E-state index contributed by atoms with van der Waals surface area (Å²) >= 11 is 0. The largest absolute Gasteiger partial charge is 0.480 e. The summed E-state index contributed by atoms with van der Waals surface area (Å²) in [5.41, 5.74) is 0. The van der Waals surface area contributed by atoms with Crippen LogP contribution in [0.3, 0.4) is 0 Å². The van der Waals surface area contributed by atoms with Crippen LogP contribution >= 0.6 is 0 Å². The van der Waals surface area contributed by atoms with Gasteiger partial charge in [0.1, 0.15) is 12.7 Å². The molecule has 0 aromatic carbocycles. The summed E-state index contributed by atoms with van der Waals surface area (Å²) in [6.45, 7) is 4.27. The topological polar surface area (TPSA) is 71.2 Å². The molecule has 1 aromatic heterocycles. The van der Waals surface area contributed by atoms with E-state index in [1.165, 1.54) is 6.33 Å². The molecule has 1 heterocycles. The van der Waals surface area contributed by atoms with Crippen LogP contribution in [-0.2, 0) is 11.3 Å². The Bertz CT molecular complexity index is 286. The Hall–Kier alpha value is -1.43. The molecule has 6 heteroatoms. The highest BCUT2D eigenvalue weighted by Gasteiger charge is 2.08. The van der Waals surface area contributed by atoms with Crippen molar-refractivity contribution in [3.63, 3.8) is 0 Å². The Morgan fingerprint density at radius 2 is 2.33 bits per heavy atom. The fourth-order valence-corrected chi connectivity index (χ4v) is 1.37. The van der Waals surface area contributed by atoms with E-state index in [1.54, 1.807) is 11.0 Å². The minimum atomic E-state index is -0.790. The van der Waals surface area contributed by atoms with Crippen LogP contribution in [0, 0.1) is 0 Å². The summed E-state index contributed by atoms with van der Waals surface area (Å²) in [4.78, 5) is 16.3. The van der Waals surface area contributed by atoms with Gasteiger partial charge in [0.2, 0.25) is 0 Å². The molecule has 0 unspecified atom stereocenters. The second-order valence-electron chi connectivity index (χ2n) is 3.33. The van der Waals surface area contributed by atoms with E-state index in [1.807, 2.05) is 11.8 Å². The van der Waals surface area contributed by atoms with Crippen molar-refractivity contribution in [1.29, 1.82) is 0 Å². The fraction of sp³-hybridized carbons (Fsp3) is 0.667. The highest BCUT2D eigenvalue weighted by atomic mass is 16.4. The fourth-order valence-electron chi connectivity index (χ4n) is 1.37. The van der Waals surface area contributed by atoms with Gasteiger partial charge in [0.05, 0.1) is 13.1 Å².